The second-order valence-electron chi connectivity index (χ2n) is 4.99. The largest absolute Gasteiger partial charge is 0.465 e. The molecule has 0 amide bonds. The Kier molecular flexibility index (Phi) is 5.53. The van der Waals surface area contributed by atoms with Crippen molar-refractivity contribution in [1.29, 1.82) is 0 Å². The number of hydrogen-bond acceptors (Lipinski definition) is 6. The van der Waals surface area contributed by atoms with E-state index < -0.39 is 5.97 Å². The Morgan fingerprint density at radius 1 is 1.36 bits per heavy atom. The molecule has 0 aliphatic carbocycles. The van der Waals surface area contributed by atoms with E-state index in [9.17, 15) is 4.79 Å². The van der Waals surface area contributed by atoms with E-state index in [1.807, 2.05) is 25.1 Å². The van der Waals surface area contributed by atoms with Crippen LogP contribution in [-0.2, 0) is 11.2 Å². The first-order chi connectivity index (χ1) is 12.0. The molecule has 0 bridgehead atoms. The Labute approximate surface area is 163 Å². The van der Waals surface area contributed by atoms with Crippen LogP contribution < -0.4 is 10.6 Å². The van der Waals surface area contributed by atoms with Gasteiger partial charge in [0.25, 0.3) is 0 Å². The Balaban J connectivity index is 1.79. The van der Waals surface area contributed by atoms with Gasteiger partial charge in [-0.15, -0.1) is 11.3 Å². The molecule has 0 spiro atoms. The number of halogens is 1. The molecule has 0 aliphatic rings. The molecule has 0 saturated carbocycles. The normalized spacial score (nSPS) is 10.7. The molecule has 1 aromatic carbocycles. The van der Waals surface area contributed by atoms with Crippen molar-refractivity contribution in [2.75, 3.05) is 17.7 Å². The number of aryl methyl sites for hydroxylation is 1. The fourth-order valence-corrected chi connectivity index (χ4v) is 4.66. The molecule has 5 nitrogen and oxygen atoms in total. The first-order valence-corrected chi connectivity index (χ1v) is 9.77. The number of methoxy groups -OCH3 is 1. The second kappa shape index (κ2) is 7.65. The van der Waals surface area contributed by atoms with Crippen LogP contribution in [0, 0.1) is 0 Å². The number of carbonyl (C=O) groups excluding carboxylic acids is 1. The van der Waals surface area contributed by atoms with Crippen molar-refractivity contribution in [2.24, 2.45) is 0 Å². The van der Waals surface area contributed by atoms with Gasteiger partial charge in [-0.25, -0.2) is 9.78 Å². The maximum Gasteiger partial charge on any atom is 0.340 e. The monoisotopic (exact) mass is 411 g/mol. The van der Waals surface area contributed by atoms with Crippen LogP contribution >= 0.6 is 46.5 Å². The van der Waals surface area contributed by atoms with Gasteiger partial charge in [0.05, 0.1) is 22.4 Å². The van der Waals surface area contributed by atoms with Crippen LogP contribution in [0.3, 0.4) is 0 Å². The molecule has 0 atom stereocenters. The summed E-state index contributed by atoms with van der Waals surface area (Å²) in [5, 5.41) is 8.34. The molecule has 3 rings (SSSR count). The number of nitrogens with zero attached hydrogens (tertiary/aromatic N) is 1. The van der Waals surface area contributed by atoms with E-state index in [4.69, 9.17) is 28.6 Å². The van der Waals surface area contributed by atoms with E-state index in [2.05, 4.69) is 15.6 Å². The summed E-state index contributed by atoms with van der Waals surface area (Å²) in [5.41, 5.74) is 1.21. The SMILES string of the molecule is CCc1cc(C(=O)OC)c(NC(=S)Nc2nc3c(Cl)cccc3s2)s1. The van der Waals surface area contributed by atoms with Crippen LogP contribution in [0.4, 0.5) is 10.1 Å². The lowest BCUT2D eigenvalue weighted by Gasteiger charge is -2.08. The van der Waals surface area contributed by atoms with Gasteiger partial charge in [-0.2, -0.15) is 0 Å². The van der Waals surface area contributed by atoms with Crippen LogP contribution in [0.25, 0.3) is 10.2 Å². The van der Waals surface area contributed by atoms with Gasteiger partial charge in [-0.05, 0) is 36.8 Å². The van der Waals surface area contributed by atoms with Crippen molar-refractivity contribution >= 4 is 77.9 Å². The highest BCUT2D eigenvalue weighted by Gasteiger charge is 2.17. The number of para-hydroxylation sites is 1. The number of hydrogen-bond donors (Lipinski definition) is 2. The highest BCUT2D eigenvalue weighted by molar-refractivity contribution is 7.80. The van der Waals surface area contributed by atoms with Crippen molar-refractivity contribution in [2.45, 2.75) is 13.3 Å². The van der Waals surface area contributed by atoms with E-state index in [1.165, 1.54) is 29.8 Å². The minimum atomic E-state index is -0.395. The van der Waals surface area contributed by atoms with Gasteiger partial charge in [-0.3, -0.25) is 0 Å². The molecule has 9 heteroatoms. The zero-order valence-corrected chi connectivity index (χ0v) is 16.6. The van der Waals surface area contributed by atoms with Gasteiger partial charge in [0, 0.05) is 4.88 Å². The topological polar surface area (TPSA) is 63.2 Å². The standard InChI is InChI=1S/C16H14ClN3O2S3/c1-3-8-7-9(14(21)22-2)13(24-8)19-15(23)20-16-18-12-10(17)5-4-6-11(12)25-16/h4-7H,3H2,1-2H3,(H2,18,19,20,23). The highest BCUT2D eigenvalue weighted by Crippen LogP contribution is 2.32. The second-order valence-corrected chi connectivity index (χ2v) is 7.97. The molecule has 3 aromatic rings. The van der Waals surface area contributed by atoms with Gasteiger partial charge in [-0.1, -0.05) is 35.9 Å². The molecule has 0 aliphatic heterocycles. The number of benzene rings is 1. The number of aromatic nitrogens is 1. The molecule has 2 N–H and O–H groups in total. The number of anilines is 2. The first kappa shape index (κ1) is 18.1. The Morgan fingerprint density at radius 2 is 2.16 bits per heavy atom. The van der Waals surface area contributed by atoms with Gasteiger partial charge in [0.2, 0.25) is 0 Å². The lowest BCUT2D eigenvalue weighted by molar-refractivity contribution is 0.0602. The molecule has 130 valence electrons. The minimum absolute atomic E-state index is 0.352. The zero-order valence-electron chi connectivity index (χ0n) is 13.4. The minimum Gasteiger partial charge on any atom is -0.465 e. The van der Waals surface area contributed by atoms with Crippen molar-refractivity contribution in [3.63, 3.8) is 0 Å². The fraction of sp³-hybridized carbons (Fsp3) is 0.188. The van der Waals surface area contributed by atoms with Crippen LogP contribution in [0.2, 0.25) is 5.02 Å². The first-order valence-electron chi connectivity index (χ1n) is 7.36. The quantitative estimate of drug-likeness (QED) is 0.456. The number of fused-ring (bicyclic) bond motifs is 1. The summed E-state index contributed by atoms with van der Waals surface area (Å²) in [6.45, 7) is 2.03. The van der Waals surface area contributed by atoms with Crippen LogP contribution in [0.15, 0.2) is 24.3 Å². The van der Waals surface area contributed by atoms with Crippen LogP contribution in [-0.4, -0.2) is 23.2 Å². The fourth-order valence-electron chi connectivity index (χ4n) is 2.17. The van der Waals surface area contributed by atoms with Gasteiger partial charge < -0.3 is 15.4 Å². The lowest BCUT2D eigenvalue weighted by atomic mass is 10.2. The maximum absolute atomic E-state index is 11.9. The molecule has 0 fully saturated rings. The van der Waals surface area contributed by atoms with Crippen molar-refractivity contribution in [3.05, 3.63) is 39.7 Å². The van der Waals surface area contributed by atoms with Crippen molar-refractivity contribution < 1.29 is 9.53 Å². The van der Waals surface area contributed by atoms with E-state index in [0.29, 0.717) is 25.8 Å². The smallest absolute Gasteiger partial charge is 0.340 e. The van der Waals surface area contributed by atoms with E-state index in [-0.39, 0.29) is 0 Å². The van der Waals surface area contributed by atoms with Crippen molar-refractivity contribution in [1.82, 2.24) is 4.98 Å². The summed E-state index contributed by atoms with van der Waals surface area (Å²) < 4.78 is 5.80. The molecule has 0 saturated heterocycles. The predicted octanol–water partition coefficient (Wildman–Crippen LogP) is 5.17. The number of thiocarbonyl (C=S) groups is 1. The molecular formula is C16H14ClN3O2S3. The van der Waals surface area contributed by atoms with Gasteiger partial charge >= 0.3 is 5.97 Å². The zero-order chi connectivity index (χ0) is 18.0. The molecule has 0 unspecified atom stereocenters. The molecule has 2 aromatic heterocycles. The van der Waals surface area contributed by atoms with E-state index in [0.717, 1.165) is 21.5 Å². The Hall–Kier alpha value is -1.74. The number of ether oxygens (including phenoxy) is 1. The average molecular weight is 412 g/mol. The summed E-state index contributed by atoms with van der Waals surface area (Å²) >= 11 is 14.4. The summed E-state index contributed by atoms with van der Waals surface area (Å²) in [5.74, 6) is -0.395. The molecule has 0 radical (unpaired) electrons. The average Bonchev–Trinajstić information content (AvgIpc) is 3.18. The van der Waals surface area contributed by atoms with E-state index >= 15 is 0 Å². The highest BCUT2D eigenvalue weighted by atomic mass is 35.5. The molecule has 25 heavy (non-hydrogen) atoms. The molecular weight excluding hydrogens is 398 g/mol. The predicted molar refractivity (Wildman–Crippen MR) is 110 cm³/mol. The summed E-state index contributed by atoms with van der Waals surface area (Å²) in [6, 6.07) is 7.44. The molecule has 2 heterocycles. The lowest BCUT2D eigenvalue weighted by Crippen LogP contribution is -2.19. The summed E-state index contributed by atoms with van der Waals surface area (Å²) in [4.78, 5) is 17.4. The number of nitrogens with one attached hydrogen (secondary N) is 2. The Bertz CT molecular complexity index is 951. The number of thiazole rings is 1. The number of thiophene rings is 1. The van der Waals surface area contributed by atoms with Crippen LogP contribution in [0.1, 0.15) is 22.2 Å². The number of esters is 1. The number of carbonyl (C=O) groups is 1. The van der Waals surface area contributed by atoms with Gasteiger partial charge in [0.15, 0.2) is 10.2 Å². The maximum atomic E-state index is 11.9. The summed E-state index contributed by atoms with van der Waals surface area (Å²) in [7, 11) is 1.36. The van der Waals surface area contributed by atoms with Gasteiger partial charge in [0.1, 0.15) is 10.5 Å². The number of rotatable bonds is 4. The third-order valence-corrected chi connectivity index (χ3v) is 5.99. The van der Waals surface area contributed by atoms with Crippen LogP contribution in [0.5, 0.6) is 0 Å². The third-order valence-electron chi connectivity index (χ3n) is 3.35. The van der Waals surface area contributed by atoms with Crippen molar-refractivity contribution in [3.8, 4) is 0 Å². The summed E-state index contributed by atoms with van der Waals surface area (Å²) in [6.07, 6.45) is 0.826. The van der Waals surface area contributed by atoms with E-state index in [1.54, 1.807) is 6.07 Å². The Morgan fingerprint density at radius 3 is 2.84 bits per heavy atom. The third kappa shape index (κ3) is 3.92.